The molecule has 1 saturated heterocycles. The van der Waals surface area contributed by atoms with Crippen LogP contribution in [0.25, 0.3) is 33.1 Å². The van der Waals surface area contributed by atoms with Gasteiger partial charge in [0.2, 0.25) is 0 Å². The molecule has 34 heavy (non-hydrogen) atoms. The molecule has 1 aliphatic heterocycles. The molecule has 170 valence electrons. The maximum absolute atomic E-state index is 13.2. The van der Waals surface area contributed by atoms with Gasteiger partial charge in [-0.3, -0.25) is 14.8 Å². The number of aromatic nitrogens is 5. The second-order valence-corrected chi connectivity index (χ2v) is 8.31. The smallest absolute Gasteiger partial charge is 0.274 e. The standard InChI is InChI=1S/C25H23N7O2/c33-25(21-3-1-2-17(29-21)15-32-8-10-34-11-9-32)30-22-12-16(13-23-20(22)14-28-31-23)18-4-6-26-24-19(18)5-7-27-24/h1-7,12-14H,8-11,15H2,(H,26,27)(H,28,31)(H,30,33). The van der Waals surface area contributed by atoms with Crippen LogP contribution in [0.15, 0.2) is 61.1 Å². The maximum Gasteiger partial charge on any atom is 0.274 e. The largest absolute Gasteiger partial charge is 0.379 e. The second kappa shape index (κ2) is 8.69. The number of H-pyrrole nitrogens is 2. The number of hydrogen-bond acceptors (Lipinski definition) is 6. The molecule has 0 spiro atoms. The zero-order valence-electron chi connectivity index (χ0n) is 18.4. The minimum absolute atomic E-state index is 0.259. The number of benzene rings is 1. The SMILES string of the molecule is O=C(Nc1cc(-c2ccnc3[nH]ccc23)cc2[nH]ncc12)c1cccc(CN2CCOCC2)n1. The van der Waals surface area contributed by atoms with Crippen LogP contribution >= 0.6 is 0 Å². The Kier molecular flexibility index (Phi) is 5.25. The highest BCUT2D eigenvalue weighted by atomic mass is 16.5. The van der Waals surface area contributed by atoms with Gasteiger partial charge in [0.1, 0.15) is 11.3 Å². The van der Waals surface area contributed by atoms with E-state index in [1.165, 1.54) is 0 Å². The summed E-state index contributed by atoms with van der Waals surface area (Å²) in [5.41, 5.74) is 5.54. The van der Waals surface area contributed by atoms with Crippen molar-refractivity contribution >= 4 is 33.5 Å². The van der Waals surface area contributed by atoms with Gasteiger partial charge in [-0.1, -0.05) is 6.07 Å². The predicted octanol–water partition coefficient (Wildman–Crippen LogP) is 3.59. The van der Waals surface area contributed by atoms with Gasteiger partial charge in [-0.05, 0) is 47.5 Å². The van der Waals surface area contributed by atoms with E-state index in [9.17, 15) is 4.79 Å². The van der Waals surface area contributed by atoms with Crippen LogP contribution in [0.5, 0.6) is 0 Å². The van der Waals surface area contributed by atoms with Crippen molar-refractivity contribution in [3.8, 4) is 11.1 Å². The molecule has 5 heterocycles. The number of amides is 1. The Morgan fingerprint density at radius 1 is 1.12 bits per heavy atom. The van der Waals surface area contributed by atoms with E-state index in [1.54, 1.807) is 18.5 Å². The molecule has 1 amide bonds. The summed E-state index contributed by atoms with van der Waals surface area (Å²) in [6.07, 6.45) is 5.36. The van der Waals surface area contributed by atoms with Crippen LogP contribution in [-0.2, 0) is 11.3 Å². The number of hydrogen-bond donors (Lipinski definition) is 3. The molecule has 5 aromatic rings. The van der Waals surface area contributed by atoms with Crippen LogP contribution in [0.3, 0.4) is 0 Å². The summed E-state index contributed by atoms with van der Waals surface area (Å²) in [6, 6.07) is 13.5. The molecule has 0 atom stereocenters. The van der Waals surface area contributed by atoms with Gasteiger partial charge >= 0.3 is 0 Å². The number of nitrogens with one attached hydrogen (secondary N) is 3. The first-order valence-electron chi connectivity index (χ1n) is 11.2. The van der Waals surface area contributed by atoms with Gasteiger partial charge < -0.3 is 15.0 Å². The van der Waals surface area contributed by atoms with Gasteiger partial charge in [-0.15, -0.1) is 0 Å². The summed E-state index contributed by atoms with van der Waals surface area (Å²) in [6.45, 7) is 3.88. The molecule has 9 nitrogen and oxygen atoms in total. The first-order chi connectivity index (χ1) is 16.7. The number of pyridine rings is 2. The third-order valence-corrected chi connectivity index (χ3v) is 6.11. The van der Waals surface area contributed by atoms with E-state index in [0.29, 0.717) is 17.9 Å². The van der Waals surface area contributed by atoms with Gasteiger partial charge in [0.05, 0.1) is 36.3 Å². The third kappa shape index (κ3) is 3.91. The number of anilines is 1. The van der Waals surface area contributed by atoms with Crippen molar-refractivity contribution in [2.75, 3.05) is 31.6 Å². The lowest BCUT2D eigenvalue weighted by Gasteiger charge is -2.26. The first-order valence-corrected chi connectivity index (χ1v) is 11.2. The number of carbonyl (C=O) groups is 1. The van der Waals surface area contributed by atoms with Crippen LogP contribution in [-0.4, -0.2) is 62.3 Å². The molecule has 9 heteroatoms. The molecule has 1 fully saturated rings. The van der Waals surface area contributed by atoms with Crippen molar-refractivity contribution in [1.29, 1.82) is 0 Å². The van der Waals surface area contributed by atoms with Gasteiger partial charge in [0.25, 0.3) is 5.91 Å². The Bertz CT molecular complexity index is 1480. The van der Waals surface area contributed by atoms with Crippen LogP contribution in [0, 0.1) is 0 Å². The molecule has 0 radical (unpaired) electrons. The lowest BCUT2D eigenvalue weighted by atomic mass is 10.0. The van der Waals surface area contributed by atoms with Crippen molar-refractivity contribution < 1.29 is 9.53 Å². The average molecular weight is 454 g/mol. The van der Waals surface area contributed by atoms with E-state index in [4.69, 9.17) is 4.74 Å². The number of nitrogens with zero attached hydrogens (tertiary/aromatic N) is 4. The number of carbonyl (C=O) groups excluding carboxylic acids is 1. The van der Waals surface area contributed by atoms with Crippen molar-refractivity contribution in [2.24, 2.45) is 0 Å². The van der Waals surface area contributed by atoms with Crippen molar-refractivity contribution in [3.05, 3.63) is 72.4 Å². The van der Waals surface area contributed by atoms with E-state index >= 15 is 0 Å². The van der Waals surface area contributed by atoms with Crippen LogP contribution in [0.2, 0.25) is 0 Å². The van der Waals surface area contributed by atoms with E-state index in [0.717, 1.165) is 65.1 Å². The van der Waals surface area contributed by atoms with E-state index < -0.39 is 0 Å². The molecule has 0 aliphatic carbocycles. The summed E-state index contributed by atoms with van der Waals surface area (Å²) >= 11 is 0. The number of morpholine rings is 1. The van der Waals surface area contributed by atoms with Crippen molar-refractivity contribution in [3.63, 3.8) is 0 Å². The Balaban J connectivity index is 1.31. The molecule has 0 unspecified atom stereocenters. The van der Waals surface area contributed by atoms with E-state index in [1.807, 2.05) is 42.6 Å². The predicted molar refractivity (Wildman–Crippen MR) is 129 cm³/mol. The lowest BCUT2D eigenvalue weighted by Crippen LogP contribution is -2.36. The summed E-state index contributed by atoms with van der Waals surface area (Å²) < 4.78 is 5.42. The molecule has 1 aromatic carbocycles. The van der Waals surface area contributed by atoms with Gasteiger partial charge in [-0.25, -0.2) is 9.97 Å². The van der Waals surface area contributed by atoms with Crippen LogP contribution in [0.1, 0.15) is 16.2 Å². The number of rotatable bonds is 5. The van der Waals surface area contributed by atoms with Gasteiger partial charge in [-0.2, -0.15) is 5.10 Å². The molecule has 3 N–H and O–H groups in total. The zero-order valence-corrected chi connectivity index (χ0v) is 18.4. The maximum atomic E-state index is 13.2. The Hall–Kier alpha value is -4.08. The molecule has 0 saturated carbocycles. The highest BCUT2D eigenvalue weighted by Crippen LogP contribution is 2.33. The summed E-state index contributed by atoms with van der Waals surface area (Å²) in [5.74, 6) is -0.259. The van der Waals surface area contributed by atoms with E-state index in [2.05, 4.69) is 35.4 Å². The molecule has 0 bridgehead atoms. The molecular formula is C25H23N7O2. The first kappa shape index (κ1) is 20.5. The van der Waals surface area contributed by atoms with Crippen LogP contribution < -0.4 is 5.32 Å². The summed E-state index contributed by atoms with van der Waals surface area (Å²) in [4.78, 5) is 27.6. The Morgan fingerprint density at radius 2 is 2.03 bits per heavy atom. The van der Waals surface area contributed by atoms with Crippen molar-refractivity contribution in [2.45, 2.75) is 6.54 Å². The normalized spacial score (nSPS) is 14.6. The van der Waals surface area contributed by atoms with E-state index in [-0.39, 0.29) is 5.91 Å². The molecule has 1 aliphatic rings. The minimum atomic E-state index is -0.259. The summed E-state index contributed by atoms with van der Waals surface area (Å²) in [5, 5.41) is 12.1. The Labute approximate surface area is 195 Å². The fourth-order valence-electron chi connectivity index (χ4n) is 4.39. The third-order valence-electron chi connectivity index (χ3n) is 6.11. The quantitative estimate of drug-likeness (QED) is 0.375. The molecular weight excluding hydrogens is 430 g/mol. The topological polar surface area (TPSA) is 112 Å². The Morgan fingerprint density at radius 3 is 2.94 bits per heavy atom. The monoisotopic (exact) mass is 453 g/mol. The van der Waals surface area contributed by atoms with Gasteiger partial charge in [0.15, 0.2) is 0 Å². The summed E-state index contributed by atoms with van der Waals surface area (Å²) in [7, 11) is 0. The minimum Gasteiger partial charge on any atom is -0.379 e. The average Bonchev–Trinajstić information content (AvgIpc) is 3.54. The zero-order chi connectivity index (χ0) is 22.9. The number of ether oxygens (including phenoxy) is 1. The highest BCUT2D eigenvalue weighted by molar-refractivity contribution is 6.09. The molecule has 6 rings (SSSR count). The highest BCUT2D eigenvalue weighted by Gasteiger charge is 2.16. The fraction of sp³-hybridized carbons (Fsp3) is 0.200. The molecule has 4 aromatic heterocycles. The van der Waals surface area contributed by atoms with Crippen molar-refractivity contribution in [1.82, 2.24) is 30.0 Å². The number of fused-ring (bicyclic) bond motifs is 2. The number of aromatic amines is 2. The fourth-order valence-corrected chi connectivity index (χ4v) is 4.39. The second-order valence-electron chi connectivity index (χ2n) is 8.31. The van der Waals surface area contributed by atoms with Gasteiger partial charge in [0, 0.05) is 42.8 Å². The van der Waals surface area contributed by atoms with Crippen LogP contribution in [0.4, 0.5) is 5.69 Å². The lowest BCUT2D eigenvalue weighted by molar-refractivity contribution is 0.0336.